The number of furan rings is 1. The highest BCUT2D eigenvalue weighted by Gasteiger charge is 2.18. The Balaban J connectivity index is 1.84. The first kappa shape index (κ1) is 17.6. The first-order valence-corrected chi connectivity index (χ1v) is 9.63. The summed E-state index contributed by atoms with van der Waals surface area (Å²) in [5, 5.41) is 2.53. The predicted molar refractivity (Wildman–Crippen MR) is 116 cm³/mol. The molecule has 4 nitrogen and oxygen atoms in total. The van der Waals surface area contributed by atoms with Crippen molar-refractivity contribution < 1.29 is 9.21 Å². The fourth-order valence-electron chi connectivity index (χ4n) is 3.91. The van der Waals surface area contributed by atoms with Gasteiger partial charge in [0.1, 0.15) is 5.76 Å². The van der Waals surface area contributed by atoms with Gasteiger partial charge >= 0.3 is 0 Å². The third kappa shape index (κ3) is 2.89. The molecule has 0 fully saturated rings. The standard InChI is InChI=1S/C24H17ClN2O2/c25-19-7-2-1-5-16(19)14-27-20-8-3-6-18(24(26)28)23(20)17-11-10-15(13-21(17)27)22-9-4-12-29-22/h1-13H,14H2,(H2,26,28). The second-order valence-electron chi connectivity index (χ2n) is 6.95. The summed E-state index contributed by atoms with van der Waals surface area (Å²) in [4.78, 5) is 12.1. The van der Waals surface area contributed by atoms with Gasteiger partial charge in [-0.3, -0.25) is 4.79 Å². The molecular formula is C24H17ClN2O2. The number of carbonyl (C=O) groups excluding carboxylic acids is 1. The summed E-state index contributed by atoms with van der Waals surface area (Å²) < 4.78 is 7.75. The number of rotatable bonds is 4. The van der Waals surface area contributed by atoms with Gasteiger partial charge in [0, 0.05) is 33.5 Å². The van der Waals surface area contributed by atoms with Crippen LogP contribution in [0.2, 0.25) is 5.02 Å². The Morgan fingerprint density at radius 3 is 2.59 bits per heavy atom. The van der Waals surface area contributed by atoms with Crippen molar-refractivity contribution in [2.45, 2.75) is 6.54 Å². The SMILES string of the molecule is NC(=O)c1cccc2c1c1ccc(-c3ccco3)cc1n2Cc1ccccc1Cl. The molecule has 0 saturated carbocycles. The average molecular weight is 401 g/mol. The van der Waals surface area contributed by atoms with Gasteiger partial charge in [0.05, 0.1) is 17.3 Å². The second kappa shape index (κ2) is 6.83. The van der Waals surface area contributed by atoms with Gasteiger partial charge in [-0.2, -0.15) is 0 Å². The molecule has 3 aromatic carbocycles. The maximum atomic E-state index is 12.1. The van der Waals surface area contributed by atoms with Crippen molar-refractivity contribution in [2.75, 3.05) is 0 Å². The highest BCUT2D eigenvalue weighted by Crippen LogP contribution is 2.35. The summed E-state index contributed by atoms with van der Waals surface area (Å²) >= 11 is 6.44. The van der Waals surface area contributed by atoms with Crippen molar-refractivity contribution in [2.24, 2.45) is 5.73 Å². The Morgan fingerprint density at radius 2 is 1.83 bits per heavy atom. The second-order valence-corrected chi connectivity index (χ2v) is 7.36. The summed E-state index contributed by atoms with van der Waals surface area (Å²) in [6.07, 6.45) is 1.66. The quantitative estimate of drug-likeness (QED) is 0.411. The Kier molecular flexibility index (Phi) is 4.14. The molecule has 2 N–H and O–H groups in total. The number of halogens is 1. The number of benzene rings is 3. The van der Waals surface area contributed by atoms with Gasteiger partial charge in [-0.1, -0.05) is 48.0 Å². The highest BCUT2D eigenvalue weighted by molar-refractivity contribution is 6.31. The van der Waals surface area contributed by atoms with E-state index in [1.54, 1.807) is 12.3 Å². The molecule has 0 atom stereocenters. The van der Waals surface area contributed by atoms with Crippen molar-refractivity contribution in [1.82, 2.24) is 4.57 Å². The number of fused-ring (bicyclic) bond motifs is 3. The van der Waals surface area contributed by atoms with Gasteiger partial charge in [0.2, 0.25) is 5.91 Å². The molecule has 0 saturated heterocycles. The van der Waals surface area contributed by atoms with E-state index in [9.17, 15) is 4.79 Å². The Labute approximate surface area is 172 Å². The monoisotopic (exact) mass is 400 g/mol. The number of nitrogens with two attached hydrogens (primary N) is 1. The van der Waals surface area contributed by atoms with E-state index in [1.807, 2.05) is 60.7 Å². The van der Waals surface area contributed by atoms with E-state index in [0.29, 0.717) is 17.1 Å². The smallest absolute Gasteiger partial charge is 0.249 e. The molecule has 5 heteroatoms. The minimum absolute atomic E-state index is 0.442. The van der Waals surface area contributed by atoms with Gasteiger partial charge in [-0.25, -0.2) is 0 Å². The Bertz CT molecular complexity index is 1370. The lowest BCUT2D eigenvalue weighted by Gasteiger charge is -2.10. The topological polar surface area (TPSA) is 61.2 Å². The molecule has 0 unspecified atom stereocenters. The van der Waals surface area contributed by atoms with Crippen molar-refractivity contribution >= 4 is 39.3 Å². The van der Waals surface area contributed by atoms with E-state index in [2.05, 4.69) is 10.6 Å². The third-order valence-corrected chi connectivity index (χ3v) is 5.62. The molecule has 142 valence electrons. The molecule has 0 aliphatic heterocycles. The van der Waals surface area contributed by atoms with Crippen LogP contribution in [0.1, 0.15) is 15.9 Å². The maximum Gasteiger partial charge on any atom is 0.249 e. The van der Waals surface area contributed by atoms with Crippen LogP contribution >= 0.6 is 11.6 Å². The number of primary amides is 1. The molecular weight excluding hydrogens is 384 g/mol. The minimum atomic E-state index is -0.442. The van der Waals surface area contributed by atoms with Gasteiger partial charge in [-0.05, 0) is 42.0 Å². The molecule has 29 heavy (non-hydrogen) atoms. The molecule has 5 rings (SSSR count). The van der Waals surface area contributed by atoms with Crippen LogP contribution in [-0.2, 0) is 6.54 Å². The van der Waals surface area contributed by atoms with Crippen molar-refractivity contribution in [3.05, 3.63) is 95.2 Å². The molecule has 2 aromatic heterocycles. The summed E-state index contributed by atoms with van der Waals surface area (Å²) in [6, 6.07) is 23.3. The molecule has 0 aliphatic carbocycles. The van der Waals surface area contributed by atoms with Crippen LogP contribution in [0.15, 0.2) is 83.5 Å². The van der Waals surface area contributed by atoms with Crippen LogP contribution < -0.4 is 5.73 Å². The van der Waals surface area contributed by atoms with E-state index in [4.69, 9.17) is 21.8 Å². The maximum absolute atomic E-state index is 12.1. The minimum Gasteiger partial charge on any atom is -0.464 e. The fourth-order valence-corrected chi connectivity index (χ4v) is 4.11. The lowest BCUT2D eigenvalue weighted by molar-refractivity contribution is 0.100. The van der Waals surface area contributed by atoms with Crippen molar-refractivity contribution in [1.29, 1.82) is 0 Å². The van der Waals surface area contributed by atoms with E-state index in [1.165, 1.54) is 0 Å². The van der Waals surface area contributed by atoms with E-state index < -0.39 is 5.91 Å². The average Bonchev–Trinajstić information content (AvgIpc) is 3.36. The number of aromatic nitrogens is 1. The number of nitrogens with zero attached hydrogens (tertiary/aromatic N) is 1. The van der Waals surface area contributed by atoms with Gasteiger partial charge in [0.25, 0.3) is 0 Å². The summed E-state index contributed by atoms with van der Waals surface area (Å²) in [6.45, 7) is 0.573. The van der Waals surface area contributed by atoms with Gasteiger partial charge < -0.3 is 14.7 Å². The number of hydrogen-bond donors (Lipinski definition) is 1. The molecule has 0 radical (unpaired) electrons. The van der Waals surface area contributed by atoms with Crippen LogP contribution in [0, 0.1) is 0 Å². The van der Waals surface area contributed by atoms with Crippen molar-refractivity contribution in [3.63, 3.8) is 0 Å². The Morgan fingerprint density at radius 1 is 0.966 bits per heavy atom. The number of amides is 1. The largest absolute Gasteiger partial charge is 0.464 e. The zero-order valence-electron chi connectivity index (χ0n) is 15.4. The lowest BCUT2D eigenvalue weighted by Crippen LogP contribution is -2.11. The zero-order chi connectivity index (χ0) is 20.0. The zero-order valence-corrected chi connectivity index (χ0v) is 16.2. The van der Waals surface area contributed by atoms with E-state index in [0.717, 1.165) is 38.7 Å². The molecule has 0 bridgehead atoms. The van der Waals surface area contributed by atoms with Crippen LogP contribution in [0.5, 0.6) is 0 Å². The van der Waals surface area contributed by atoms with Gasteiger partial charge in [0.15, 0.2) is 0 Å². The van der Waals surface area contributed by atoms with Crippen LogP contribution in [0.25, 0.3) is 33.1 Å². The first-order valence-electron chi connectivity index (χ1n) is 9.25. The van der Waals surface area contributed by atoms with Crippen LogP contribution in [0.3, 0.4) is 0 Å². The molecule has 1 amide bonds. The molecule has 0 spiro atoms. The third-order valence-electron chi connectivity index (χ3n) is 5.25. The van der Waals surface area contributed by atoms with Crippen LogP contribution in [0.4, 0.5) is 0 Å². The van der Waals surface area contributed by atoms with Gasteiger partial charge in [-0.15, -0.1) is 0 Å². The predicted octanol–water partition coefficient (Wildman–Crippen LogP) is 5.86. The fraction of sp³-hybridized carbons (Fsp3) is 0.0417. The molecule has 2 heterocycles. The Hall–Kier alpha value is -3.50. The van der Waals surface area contributed by atoms with Crippen molar-refractivity contribution in [3.8, 4) is 11.3 Å². The van der Waals surface area contributed by atoms with Crippen LogP contribution in [-0.4, -0.2) is 10.5 Å². The first-order chi connectivity index (χ1) is 14.1. The number of hydrogen-bond acceptors (Lipinski definition) is 2. The number of carbonyl (C=O) groups is 1. The molecule has 0 aliphatic rings. The van der Waals surface area contributed by atoms with E-state index in [-0.39, 0.29) is 0 Å². The molecule has 5 aromatic rings. The summed E-state index contributed by atoms with van der Waals surface area (Å²) in [5.74, 6) is 0.346. The normalized spacial score (nSPS) is 11.3. The highest BCUT2D eigenvalue weighted by atomic mass is 35.5. The summed E-state index contributed by atoms with van der Waals surface area (Å²) in [7, 11) is 0. The van der Waals surface area contributed by atoms with E-state index >= 15 is 0 Å². The summed E-state index contributed by atoms with van der Waals surface area (Å²) in [5.41, 5.74) is 10.1. The lowest BCUT2D eigenvalue weighted by atomic mass is 10.0.